The van der Waals surface area contributed by atoms with Crippen LogP contribution in [0.5, 0.6) is 0 Å². The number of rotatable bonds is 7. The van der Waals surface area contributed by atoms with E-state index in [0.29, 0.717) is 0 Å². The molecule has 0 bridgehead atoms. The van der Waals surface area contributed by atoms with Crippen LogP contribution in [-0.4, -0.2) is 24.5 Å². The minimum atomic E-state index is -3.39. The van der Waals surface area contributed by atoms with Crippen LogP contribution >= 0.6 is 0 Å². The minimum Gasteiger partial charge on any atom is -0.0602 e. The van der Waals surface area contributed by atoms with Gasteiger partial charge < -0.3 is 4.90 Å². The second-order valence-electron chi connectivity index (χ2n) is 15.2. The molecule has 0 radical (unpaired) electrons. The van der Waals surface area contributed by atoms with Gasteiger partial charge in [0.25, 0.3) is 0 Å². The van der Waals surface area contributed by atoms with Crippen molar-refractivity contribution in [2.24, 2.45) is 0 Å². The Morgan fingerprint density at radius 3 is 1.40 bits per heavy atom. The zero-order valence-corrected chi connectivity index (χ0v) is 34.1. The minimum absolute atomic E-state index is 0.121. The number of para-hydroxylation sites is 3. The number of hydrogen-bond donors (Lipinski definition) is 0. The van der Waals surface area contributed by atoms with Crippen LogP contribution in [0, 0.1) is 0 Å². The van der Waals surface area contributed by atoms with Gasteiger partial charge in [0, 0.05) is 11.4 Å². The molecule has 4 heteroatoms. The molecule has 0 saturated carbocycles. The normalized spacial score (nSPS) is 12.9. The number of anilines is 3. The molecule has 0 fully saturated rings. The van der Waals surface area contributed by atoms with E-state index in [4.69, 9.17) is 0 Å². The van der Waals surface area contributed by atoms with Crippen molar-refractivity contribution >= 4 is 92.8 Å². The summed E-state index contributed by atoms with van der Waals surface area (Å²) in [5, 5.41) is 2.47. The van der Waals surface area contributed by atoms with E-state index >= 15 is 0 Å². The first-order chi connectivity index (χ1) is 28.8. The van der Waals surface area contributed by atoms with E-state index < -0.39 is 13.3 Å². The summed E-state index contributed by atoms with van der Waals surface area (Å²) < 4.78 is 8.40. The van der Waals surface area contributed by atoms with Crippen molar-refractivity contribution in [3.05, 3.63) is 237 Å². The van der Waals surface area contributed by atoms with Gasteiger partial charge in [0.05, 0.1) is 0 Å². The van der Waals surface area contributed by atoms with Gasteiger partial charge in [0.1, 0.15) is 0 Å². The first-order valence-electron chi connectivity index (χ1n) is 20.1. The van der Waals surface area contributed by atoms with Gasteiger partial charge in [0.2, 0.25) is 0 Å². The van der Waals surface area contributed by atoms with E-state index in [9.17, 15) is 0 Å². The van der Waals surface area contributed by atoms with E-state index in [1.165, 1.54) is 55.8 Å². The third-order valence-electron chi connectivity index (χ3n) is 12.2. The zero-order valence-electron chi connectivity index (χ0n) is 32.0. The SMILES string of the molecule is c1ccc(N(c2ccccc2)c2ccc3c(c2)c2ccccc2n3-c2ccc(B3c4cccc[c]4[Ge]([c]4ccccc4)([c]4ccccc4)[c]4ccccc43)cc2)cc1. The Hall–Kier alpha value is -6.81. The van der Waals surface area contributed by atoms with Crippen LogP contribution in [0.25, 0.3) is 27.5 Å². The van der Waals surface area contributed by atoms with Crippen LogP contribution in [0.15, 0.2) is 237 Å². The predicted molar refractivity (Wildman–Crippen MR) is 250 cm³/mol. The first kappa shape index (κ1) is 34.4. The predicted octanol–water partition coefficient (Wildman–Crippen LogP) is 8.46. The van der Waals surface area contributed by atoms with Crippen LogP contribution in [0.2, 0.25) is 0 Å². The van der Waals surface area contributed by atoms with Crippen molar-refractivity contribution in [2.45, 2.75) is 0 Å². The topological polar surface area (TPSA) is 8.17 Å². The van der Waals surface area contributed by atoms with E-state index in [0.717, 1.165) is 22.7 Å². The van der Waals surface area contributed by atoms with E-state index in [1.807, 2.05) is 0 Å². The Kier molecular flexibility index (Phi) is 8.48. The number of benzene rings is 9. The third-order valence-corrected chi connectivity index (χ3v) is 22.5. The molecule has 9 aromatic carbocycles. The summed E-state index contributed by atoms with van der Waals surface area (Å²) in [7, 11) is 0. The van der Waals surface area contributed by atoms with Gasteiger partial charge in [0.15, 0.2) is 0 Å². The average molecular weight is 799 g/mol. The Labute approximate surface area is 342 Å². The maximum absolute atomic E-state index is 3.39. The maximum atomic E-state index is 2.44. The molecular formula is C54H39BGeN2. The molecular weight excluding hydrogens is 760 g/mol. The van der Waals surface area contributed by atoms with Crippen LogP contribution in [0.3, 0.4) is 0 Å². The molecule has 0 N–H and O–H groups in total. The molecule has 0 atom stereocenters. The molecule has 2 heterocycles. The smallest absolute Gasteiger partial charge is 0.0380 e. The average Bonchev–Trinajstić information content (AvgIpc) is 3.63. The molecule has 1 aromatic heterocycles. The van der Waals surface area contributed by atoms with Crippen molar-refractivity contribution < 1.29 is 0 Å². The number of nitrogens with zero attached hydrogens (tertiary/aromatic N) is 2. The van der Waals surface area contributed by atoms with Crippen LogP contribution < -0.4 is 38.9 Å². The van der Waals surface area contributed by atoms with Gasteiger partial charge in [-0.15, -0.1) is 0 Å². The third kappa shape index (κ3) is 5.42. The summed E-state index contributed by atoms with van der Waals surface area (Å²) in [6.07, 6.45) is 0. The van der Waals surface area contributed by atoms with Crippen molar-refractivity contribution in [1.29, 1.82) is 0 Å². The summed E-state index contributed by atoms with van der Waals surface area (Å²) in [6, 6.07) is 87.8. The Bertz CT molecular complexity index is 2930. The molecule has 272 valence electrons. The number of hydrogen-bond acceptors (Lipinski definition) is 1. The van der Waals surface area contributed by atoms with Crippen LogP contribution in [-0.2, 0) is 0 Å². The zero-order chi connectivity index (χ0) is 38.5. The fraction of sp³-hybridized carbons (Fsp3) is 0. The van der Waals surface area contributed by atoms with E-state index in [2.05, 4.69) is 246 Å². The van der Waals surface area contributed by atoms with Gasteiger partial charge in [-0.25, -0.2) is 0 Å². The molecule has 11 rings (SSSR count). The number of fused-ring (bicyclic) bond motifs is 5. The van der Waals surface area contributed by atoms with Gasteiger partial charge >= 0.3 is 268 Å². The largest absolute Gasteiger partial charge is 0.0602 e. The van der Waals surface area contributed by atoms with Crippen LogP contribution in [0.4, 0.5) is 17.1 Å². The summed E-state index contributed by atoms with van der Waals surface area (Å²) in [6.45, 7) is 0.121. The summed E-state index contributed by atoms with van der Waals surface area (Å²) in [5.74, 6) is 0. The van der Waals surface area contributed by atoms with Crippen molar-refractivity contribution in [1.82, 2.24) is 4.57 Å². The molecule has 0 spiro atoms. The fourth-order valence-electron chi connectivity index (χ4n) is 9.81. The molecule has 1 aliphatic rings. The first-order valence-corrected chi connectivity index (χ1v) is 24.3. The molecule has 1 aliphatic heterocycles. The van der Waals surface area contributed by atoms with Crippen molar-refractivity contribution in [2.75, 3.05) is 4.90 Å². The molecule has 0 aliphatic carbocycles. The molecule has 10 aromatic rings. The van der Waals surface area contributed by atoms with Gasteiger partial charge in [-0.1, -0.05) is 36.4 Å². The molecule has 2 nitrogen and oxygen atoms in total. The Morgan fingerprint density at radius 2 is 0.828 bits per heavy atom. The van der Waals surface area contributed by atoms with Crippen molar-refractivity contribution in [3.8, 4) is 5.69 Å². The maximum Gasteiger partial charge on any atom is -0.0380 e. The van der Waals surface area contributed by atoms with Gasteiger partial charge in [-0.3, -0.25) is 0 Å². The van der Waals surface area contributed by atoms with E-state index in [-0.39, 0.29) is 6.71 Å². The Morgan fingerprint density at radius 1 is 0.362 bits per heavy atom. The van der Waals surface area contributed by atoms with Gasteiger partial charge in [-0.05, 0) is 24.3 Å². The van der Waals surface area contributed by atoms with Crippen LogP contribution in [0.1, 0.15) is 0 Å². The summed E-state index contributed by atoms with van der Waals surface area (Å²) in [4.78, 5) is 2.34. The molecule has 0 unspecified atom stereocenters. The second kappa shape index (κ2) is 14.3. The monoisotopic (exact) mass is 800 g/mol. The van der Waals surface area contributed by atoms with Gasteiger partial charge in [-0.2, -0.15) is 0 Å². The fourth-order valence-corrected chi connectivity index (χ4v) is 20.9. The molecule has 0 amide bonds. The Balaban J connectivity index is 1.06. The second-order valence-corrected chi connectivity index (χ2v) is 23.1. The molecule has 0 saturated heterocycles. The quantitative estimate of drug-likeness (QED) is 0.147. The van der Waals surface area contributed by atoms with E-state index in [1.54, 1.807) is 0 Å². The summed E-state index contributed by atoms with van der Waals surface area (Å²) in [5.41, 5.74) is 11.1. The van der Waals surface area contributed by atoms with Crippen molar-refractivity contribution in [3.63, 3.8) is 0 Å². The standard InChI is InChI=1S/C54H39BGeN2/c1-5-19-41(20-6-1)56(42-21-7-2-8-22-42)51-30-16-14-28-49(51)55(50-29-15-17-31-52(50)56)40-33-35-45(36-34-40)58-53-32-18-13-27-47(53)48-39-46(37-38-54(48)58)57(43-23-9-3-10-24-43)44-25-11-4-12-26-44/h1-39H. The summed E-state index contributed by atoms with van der Waals surface area (Å²) >= 11 is -3.39. The molecule has 58 heavy (non-hydrogen) atoms. The number of aromatic nitrogens is 1.